The molecular formula is C12H8Br2FNO. The molecule has 0 atom stereocenters. The average molecular weight is 361 g/mol. The Labute approximate surface area is 115 Å². The molecule has 0 saturated heterocycles. The largest absolute Gasteiger partial charge is 0.439 e. The molecule has 2 nitrogen and oxygen atoms in total. The molecule has 1 aromatic carbocycles. The average Bonchev–Trinajstić information content (AvgIpc) is 2.22. The van der Waals surface area contributed by atoms with Crippen LogP contribution >= 0.6 is 31.9 Å². The Morgan fingerprint density at radius 2 is 1.94 bits per heavy atom. The Balaban J connectivity index is 2.28. The summed E-state index contributed by atoms with van der Waals surface area (Å²) >= 11 is 6.56. The maximum atomic E-state index is 13.1. The fraction of sp³-hybridized carbons (Fsp3) is 0.0833. The summed E-state index contributed by atoms with van der Waals surface area (Å²) in [7, 11) is 0. The van der Waals surface area contributed by atoms with Gasteiger partial charge in [0.2, 0.25) is 5.88 Å². The van der Waals surface area contributed by atoms with Crippen LogP contribution in [-0.2, 0) is 0 Å². The van der Waals surface area contributed by atoms with E-state index < -0.39 is 0 Å². The number of rotatable bonds is 2. The fourth-order valence-electron chi connectivity index (χ4n) is 1.28. The van der Waals surface area contributed by atoms with Gasteiger partial charge in [-0.2, -0.15) is 0 Å². The molecule has 0 radical (unpaired) electrons. The highest BCUT2D eigenvalue weighted by molar-refractivity contribution is 9.10. The first kappa shape index (κ1) is 12.5. The van der Waals surface area contributed by atoms with E-state index in [2.05, 4.69) is 36.8 Å². The predicted octanol–water partition coefficient (Wildman–Crippen LogP) is 4.85. The first-order valence-corrected chi connectivity index (χ1v) is 6.39. The highest BCUT2D eigenvalue weighted by Crippen LogP contribution is 2.26. The van der Waals surface area contributed by atoms with Gasteiger partial charge in [0.05, 0.1) is 0 Å². The molecule has 5 heteroatoms. The summed E-state index contributed by atoms with van der Waals surface area (Å²) in [5.41, 5.74) is 1.01. The molecule has 0 N–H and O–H groups in total. The van der Waals surface area contributed by atoms with Crippen molar-refractivity contribution in [3.63, 3.8) is 0 Å². The van der Waals surface area contributed by atoms with Crippen LogP contribution in [0.4, 0.5) is 4.39 Å². The van der Waals surface area contributed by atoms with Crippen LogP contribution in [0.1, 0.15) is 5.56 Å². The zero-order valence-corrected chi connectivity index (χ0v) is 12.0. The van der Waals surface area contributed by atoms with Crippen molar-refractivity contribution in [3.05, 3.63) is 50.8 Å². The maximum absolute atomic E-state index is 13.1. The van der Waals surface area contributed by atoms with E-state index in [0.717, 1.165) is 10.0 Å². The van der Waals surface area contributed by atoms with Gasteiger partial charge in [-0.3, -0.25) is 0 Å². The van der Waals surface area contributed by atoms with Gasteiger partial charge < -0.3 is 4.74 Å². The van der Waals surface area contributed by atoms with Crippen molar-refractivity contribution in [3.8, 4) is 11.6 Å². The number of benzene rings is 1. The number of aromatic nitrogens is 1. The lowest BCUT2D eigenvalue weighted by molar-refractivity contribution is 0.457. The third-order valence-electron chi connectivity index (χ3n) is 2.08. The van der Waals surface area contributed by atoms with Gasteiger partial charge in [0, 0.05) is 27.3 Å². The SMILES string of the molecule is Cc1cc(Oc2cc(F)cc(Br)c2)ncc1Br. The van der Waals surface area contributed by atoms with Gasteiger partial charge in [0.25, 0.3) is 0 Å². The van der Waals surface area contributed by atoms with E-state index in [-0.39, 0.29) is 5.82 Å². The molecule has 17 heavy (non-hydrogen) atoms. The zero-order chi connectivity index (χ0) is 12.4. The van der Waals surface area contributed by atoms with Gasteiger partial charge in [0.15, 0.2) is 0 Å². The van der Waals surface area contributed by atoms with Crippen molar-refractivity contribution >= 4 is 31.9 Å². The van der Waals surface area contributed by atoms with E-state index >= 15 is 0 Å². The molecule has 1 heterocycles. The van der Waals surface area contributed by atoms with E-state index in [9.17, 15) is 4.39 Å². The van der Waals surface area contributed by atoms with E-state index in [1.807, 2.05) is 6.92 Å². The Morgan fingerprint density at radius 1 is 1.18 bits per heavy atom. The minimum atomic E-state index is -0.358. The highest BCUT2D eigenvalue weighted by atomic mass is 79.9. The van der Waals surface area contributed by atoms with Crippen molar-refractivity contribution in [2.24, 2.45) is 0 Å². The van der Waals surface area contributed by atoms with Gasteiger partial charge >= 0.3 is 0 Å². The van der Waals surface area contributed by atoms with E-state index in [0.29, 0.717) is 16.1 Å². The Bertz CT molecular complexity index is 540. The van der Waals surface area contributed by atoms with Crippen molar-refractivity contribution in [2.75, 3.05) is 0 Å². The number of halogens is 3. The quantitative estimate of drug-likeness (QED) is 0.763. The molecule has 0 unspecified atom stereocenters. The minimum Gasteiger partial charge on any atom is -0.439 e. The first-order chi connectivity index (χ1) is 8.04. The molecule has 0 fully saturated rings. The Morgan fingerprint density at radius 3 is 2.59 bits per heavy atom. The van der Waals surface area contributed by atoms with E-state index in [1.54, 1.807) is 18.3 Å². The number of nitrogens with zero attached hydrogens (tertiary/aromatic N) is 1. The van der Waals surface area contributed by atoms with Gasteiger partial charge in [-0.15, -0.1) is 0 Å². The summed E-state index contributed by atoms with van der Waals surface area (Å²) in [6.45, 7) is 1.93. The van der Waals surface area contributed by atoms with Gasteiger partial charge in [0.1, 0.15) is 11.6 Å². The second-order valence-electron chi connectivity index (χ2n) is 3.48. The van der Waals surface area contributed by atoms with E-state index in [1.165, 1.54) is 12.1 Å². The second kappa shape index (κ2) is 5.14. The Kier molecular flexibility index (Phi) is 3.79. The summed E-state index contributed by atoms with van der Waals surface area (Å²) < 4.78 is 20.1. The standard InChI is InChI=1S/C12H8Br2FNO/c1-7-2-12(16-6-11(7)14)17-10-4-8(13)3-9(15)5-10/h2-6H,1H3. The Hall–Kier alpha value is -0.940. The molecule has 0 aliphatic rings. The monoisotopic (exact) mass is 359 g/mol. The molecule has 0 saturated carbocycles. The van der Waals surface area contributed by atoms with Crippen molar-refractivity contribution < 1.29 is 9.13 Å². The van der Waals surface area contributed by atoms with Crippen LogP contribution in [0.5, 0.6) is 11.6 Å². The second-order valence-corrected chi connectivity index (χ2v) is 5.25. The molecule has 88 valence electrons. The molecule has 2 aromatic rings. The number of hydrogen-bond donors (Lipinski definition) is 0. The maximum Gasteiger partial charge on any atom is 0.219 e. The zero-order valence-electron chi connectivity index (χ0n) is 8.88. The summed E-state index contributed by atoms with van der Waals surface area (Å²) in [5, 5.41) is 0. The van der Waals surface area contributed by atoms with Gasteiger partial charge in [-0.1, -0.05) is 15.9 Å². The molecule has 0 aliphatic heterocycles. The molecular weight excluding hydrogens is 353 g/mol. The van der Waals surface area contributed by atoms with Crippen LogP contribution in [0.15, 0.2) is 39.4 Å². The lowest BCUT2D eigenvalue weighted by Crippen LogP contribution is -1.90. The summed E-state index contributed by atoms with van der Waals surface area (Å²) in [4.78, 5) is 4.09. The molecule has 0 spiro atoms. The lowest BCUT2D eigenvalue weighted by Gasteiger charge is -2.06. The fourth-order valence-corrected chi connectivity index (χ4v) is 1.94. The molecule has 0 amide bonds. The topological polar surface area (TPSA) is 22.1 Å². The van der Waals surface area contributed by atoms with Crippen LogP contribution in [0.25, 0.3) is 0 Å². The third-order valence-corrected chi connectivity index (χ3v) is 3.37. The third kappa shape index (κ3) is 3.26. The minimum absolute atomic E-state index is 0.358. The number of hydrogen-bond acceptors (Lipinski definition) is 2. The molecule has 0 aliphatic carbocycles. The summed E-state index contributed by atoms with van der Waals surface area (Å²) in [5.74, 6) is 0.484. The highest BCUT2D eigenvalue weighted by Gasteiger charge is 2.04. The van der Waals surface area contributed by atoms with Crippen molar-refractivity contribution in [1.82, 2.24) is 4.98 Å². The smallest absolute Gasteiger partial charge is 0.219 e. The summed E-state index contributed by atoms with van der Waals surface area (Å²) in [6.07, 6.45) is 1.65. The number of pyridine rings is 1. The van der Waals surface area contributed by atoms with E-state index in [4.69, 9.17) is 4.74 Å². The van der Waals surface area contributed by atoms with Crippen LogP contribution in [-0.4, -0.2) is 4.98 Å². The van der Waals surface area contributed by atoms with Gasteiger partial charge in [-0.25, -0.2) is 9.37 Å². The normalized spacial score (nSPS) is 10.4. The van der Waals surface area contributed by atoms with Crippen molar-refractivity contribution in [2.45, 2.75) is 6.92 Å². The van der Waals surface area contributed by atoms with Crippen LogP contribution in [0, 0.1) is 12.7 Å². The van der Waals surface area contributed by atoms with Gasteiger partial charge in [-0.05, 0) is 40.5 Å². The first-order valence-electron chi connectivity index (χ1n) is 4.81. The molecule has 0 bridgehead atoms. The number of ether oxygens (including phenoxy) is 1. The lowest BCUT2D eigenvalue weighted by atomic mass is 10.3. The summed E-state index contributed by atoms with van der Waals surface area (Å²) in [6, 6.07) is 6.14. The molecule has 2 rings (SSSR count). The van der Waals surface area contributed by atoms with Crippen LogP contribution < -0.4 is 4.74 Å². The number of aryl methyl sites for hydroxylation is 1. The van der Waals surface area contributed by atoms with Crippen LogP contribution in [0.3, 0.4) is 0 Å². The molecule has 1 aromatic heterocycles. The van der Waals surface area contributed by atoms with Crippen molar-refractivity contribution in [1.29, 1.82) is 0 Å². The predicted molar refractivity (Wildman–Crippen MR) is 70.8 cm³/mol. The van der Waals surface area contributed by atoms with Crippen LogP contribution in [0.2, 0.25) is 0 Å².